The van der Waals surface area contributed by atoms with Crippen LogP contribution < -0.4 is 14.8 Å². The Kier molecular flexibility index (Phi) is 3.87. The second-order valence-corrected chi connectivity index (χ2v) is 4.98. The lowest BCUT2D eigenvalue weighted by atomic mass is 10.1. The minimum Gasteiger partial charge on any atom is -0.497 e. The van der Waals surface area contributed by atoms with E-state index in [0.29, 0.717) is 18.7 Å². The maximum absolute atomic E-state index is 11.4. The zero-order valence-corrected chi connectivity index (χ0v) is 12.5. The molecule has 0 unspecified atom stereocenters. The van der Waals surface area contributed by atoms with Crippen LogP contribution in [0.5, 0.6) is 11.5 Å². The summed E-state index contributed by atoms with van der Waals surface area (Å²) in [5.74, 6) is 1.28. The van der Waals surface area contributed by atoms with Crippen LogP contribution in [0.2, 0.25) is 0 Å². The molecule has 1 N–H and O–H groups in total. The minimum absolute atomic E-state index is 0.252. The Hall–Kier alpha value is -2.69. The molecule has 1 aliphatic heterocycles. The van der Waals surface area contributed by atoms with Gasteiger partial charge in [-0.15, -0.1) is 0 Å². The van der Waals surface area contributed by atoms with E-state index in [1.54, 1.807) is 20.3 Å². The van der Waals surface area contributed by atoms with Crippen LogP contribution in [0.3, 0.4) is 0 Å². The number of carbonyl (C=O) groups excluding carboxylic acids is 1. The van der Waals surface area contributed by atoms with Crippen molar-refractivity contribution in [1.29, 1.82) is 0 Å². The van der Waals surface area contributed by atoms with E-state index in [-0.39, 0.29) is 5.97 Å². The molecule has 0 atom stereocenters. The van der Waals surface area contributed by atoms with Gasteiger partial charge in [0.2, 0.25) is 0 Å². The molecule has 2 aromatic carbocycles. The molecule has 114 valence electrons. The Morgan fingerprint density at radius 2 is 2.00 bits per heavy atom. The molecule has 0 fully saturated rings. The average Bonchev–Trinajstić information content (AvgIpc) is 2.93. The predicted octanol–water partition coefficient (Wildman–Crippen LogP) is 2.99. The largest absolute Gasteiger partial charge is 0.497 e. The Morgan fingerprint density at radius 1 is 1.14 bits per heavy atom. The van der Waals surface area contributed by atoms with Crippen molar-refractivity contribution in [3.05, 3.63) is 53.1 Å². The fraction of sp³-hybridized carbons (Fsp3) is 0.235. The van der Waals surface area contributed by atoms with Gasteiger partial charge in [0.1, 0.15) is 18.1 Å². The second-order valence-electron chi connectivity index (χ2n) is 4.98. The van der Waals surface area contributed by atoms with E-state index in [0.717, 1.165) is 28.3 Å². The van der Waals surface area contributed by atoms with Crippen molar-refractivity contribution in [2.75, 3.05) is 19.5 Å². The van der Waals surface area contributed by atoms with Gasteiger partial charge in [0, 0.05) is 29.4 Å². The summed E-state index contributed by atoms with van der Waals surface area (Å²) in [6.07, 6.45) is 0. The van der Waals surface area contributed by atoms with Gasteiger partial charge in [0.15, 0.2) is 0 Å². The number of fused-ring (bicyclic) bond motifs is 1. The number of carbonyl (C=O) groups is 1. The summed E-state index contributed by atoms with van der Waals surface area (Å²) in [6.45, 7) is 0.955. The molecule has 5 nitrogen and oxygen atoms in total. The van der Waals surface area contributed by atoms with Gasteiger partial charge in [-0.1, -0.05) is 0 Å². The number of esters is 1. The van der Waals surface area contributed by atoms with Crippen LogP contribution in [0, 0.1) is 0 Å². The van der Waals surface area contributed by atoms with Crippen molar-refractivity contribution in [3.63, 3.8) is 0 Å². The van der Waals surface area contributed by atoms with Crippen molar-refractivity contribution in [1.82, 2.24) is 0 Å². The molecule has 0 saturated heterocycles. The number of benzene rings is 2. The number of ether oxygens (including phenoxy) is 3. The standard InChI is InChI=1S/C17H17NO4/c1-20-14-5-3-11(16(8-14)21-2)9-18-13-4-6-15-12(7-13)10-22-17(15)19/h3-8,18H,9-10H2,1-2H3. The van der Waals surface area contributed by atoms with E-state index in [4.69, 9.17) is 14.2 Å². The summed E-state index contributed by atoms with van der Waals surface area (Å²) < 4.78 is 15.6. The summed E-state index contributed by atoms with van der Waals surface area (Å²) in [7, 11) is 3.26. The third-order valence-electron chi connectivity index (χ3n) is 3.66. The zero-order chi connectivity index (χ0) is 15.5. The van der Waals surface area contributed by atoms with Gasteiger partial charge < -0.3 is 19.5 Å². The molecule has 1 heterocycles. The van der Waals surface area contributed by atoms with Crippen LogP contribution in [-0.4, -0.2) is 20.2 Å². The predicted molar refractivity (Wildman–Crippen MR) is 82.4 cm³/mol. The summed E-state index contributed by atoms with van der Waals surface area (Å²) >= 11 is 0. The lowest BCUT2D eigenvalue weighted by Crippen LogP contribution is -2.03. The third kappa shape index (κ3) is 2.70. The molecule has 0 aromatic heterocycles. The molecule has 0 bridgehead atoms. The second kappa shape index (κ2) is 5.97. The van der Waals surface area contributed by atoms with Crippen molar-refractivity contribution < 1.29 is 19.0 Å². The average molecular weight is 299 g/mol. The number of hydrogen-bond donors (Lipinski definition) is 1. The Bertz CT molecular complexity index is 712. The third-order valence-corrected chi connectivity index (χ3v) is 3.66. The highest BCUT2D eigenvalue weighted by Gasteiger charge is 2.20. The monoisotopic (exact) mass is 299 g/mol. The van der Waals surface area contributed by atoms with E-state index in [1.165, 1.54) is 0 Å². The first kappa shape index (κ1) is 14.3. The molecular formula is C17H17NO4. The quantitative estimate of drug-likeness (QED) is 0.860. The topological polar surface area (TPSA) is 56.8 Å². The summed E-state index contributed by atoms with van der Waals surface area (Å²) in [4.78, 5) is 11.4. The van der Waals surface area contributed by atoms with Crippen molar-refractivity contribution in [2.24, 2.45) is 0 Å². The molecule has 0 amide bonds. The normalized spacial score (nSPS) is 12.5. The van der Waals surface area contributed by atoms with Crippen LogP contribution >= 0.6 is 0 Å². The fourth-order valence-corrected chi connectivity index (χ4v) is 2.44. The van der Waals surface area contributed by atoms with Crippen LogP contribution in [0.1, 0.15) is 21.5 Å². The van der Waals surface area contributed by atoms with E-state index >= 15 is 0 Å². The maximum atomic E-state index is 11.4. The molecule has 5 heteroatoms. The summed E-state index contributed by atoms with van der Waals surface area (Å²) in [5, 5.41) is 3.33. The van der Waals surface area contributed by atoms with Gasteiger partial charge in [0.25, 0.3) is 0 Å². The molecule has 0 saturated carbocycles. The number of anilines is 1. The Labute approximate surface area is 128 Å². The molecule has 22 heavy (non-hydrogen) atoms. The number of cyclic esters (lactones) is 1. The Morgan fingerprint density at radius 3 is 2.77 bits per heavy atom. The molecule has 0 aliphatic carbocycles. The van der Waals surface area contributed by atoms with Crippen molar-refractivity contribution >= 4 is 11.7 Å². The number of rotatable bonds is 5. The van der Waals surface area contributed by atoms with Gasteiger partial charge >= 0.3 is 5.97 Å². The number of nitrogens with one attached hydrogen (secondary N) is 1. The lowest BCUT2D eigenvalue weighted by molar-refractivity contribution is 0.0535. The summed E-state index contributed by atoms with van der Waals surface area (Å²) in [5.41, 5.74) is 3.52. The SMILES string of the molecule is COc1ccc(CNc2ccc3c(c2)COC3=O)c(OC)c1. The molecular weight excluding hydrogens is 282 g/mol. The Balaban J connectivity index is 1.74. The summed E-state index contributed by atoms with van der Waals surface area (Å²) in [6, 6.07) is 11.3. The van der Waals surface area contributed by atoms with Crippen LogP contribution in [0.4, 0.5) is 5.69 Å². The van der Waals surface area contributed by atoms with E-state index in [2.05, 4.69) is 5.32 Å². The highest BCUT2D eigenvalue weighted by molar-refractivity contribution is 5.93. The molecule has 0 spiro atoms. The van der Waals surface area contributed by atoms with Crippen LogP contribution in [-0.2, 0) is 17.9 Å². The van der Waals surface area contributed by atoms with Crippen molar-refractivity contribution in [3.8, 4) is 11.5 Å². The zero-order valence-electron chi connectivity index (χ0n) is 12.5. The van der Waals surface area contributed by atoms with Gasteiger partial charge in [-0.3, -0.25) is 0 Å². The highest BCUT2D eigenvalue weighted by Crippen LogP contribution is 2.27. The van der Waals surface area contributed by atoms with E-state index in [1.807, 2.05) is 30.3 Å². The first-order chi connectivity index (χ1) is 10.7. The molecule has 2 aromatic rings. The highest BCUT2D eigenvalue weighted by atomic mass is 16.5. The van der Waals surface area contributed by atoms with Crippen LogP contribution in [0.15, 0.2) is 36.4 Å². The van der Waals surface area contributed by atoms with Gasteiger partial charge in [-0.2, -0.15) is 0 Å². The lowest BCUT2D eigenvalue weighted by Gasteiger charge is -2.12. The number of hydrogen-bond acceptors (Lipinski definition) is 5. The smallest absolute Gasteiger partial charge is 0.338 e. The van der Waals surface area contributed by atoms with Crippen LogP contribution in [0.25, 0.3) is 0 Å². The maximum Gasteiger partial charge on any atom is 0.338 e. The van der Waals surface area contributed by atoms with Gasteiger partial charge in [0.05, 0.1) is 19.8 Å². The number of methoxy groups -OCH3 is 2. The van der Waals surface area contributed by atoms with E-state index in [9.17, 15) is 4.79 Å². The molecule has 3 rings (SSSR count). The van der Waals surface area contributed by atoms with Gasteiger partial charge in [-0.05, 0) is 30.3 Å². The minimum atomic E-state index is -0.252. The van der Waals surface area contributed by atoms with E-state index < -0.39 is 0 Å². The van der Waals surface area contributed by atoms with Crippen molar-refractivity contribution in [2.45, 2.75) is 13.2 Å². The molecule has 0 radical (unpaired) electrons. The first-order valence-electron chi connectivity index (χ1n) is 6.96. The fourth-order valence-electron chi connectivity index (χ4n) is 2.44. The first-order valence-corrected chi connectivity index (χ1v) is 6.96. The van der Waals surface area contributed by atoms with Gasteiger partial charge in [-0.25, -0.2) is 4.79 Å². The molecule has 1 aliphatic rings.